The van der Waals surface area contributed by atoms with Crippen molar-refractivity contribution in [2.75, 3.05) is 12.4 Å². The standard InChI is InChI=1S/C15H18N4O2/c1-10-5-4-8-16-13(10)9-17-15(20)19-12-6-7-14(21-3)18-11(12)2/h4-8H,9H2,1-3H3,(H2,17,19,20). The van der Waals surface area contributed by atoms with Crippen LogP contribution >= 0.6 is 0 Å². The summed E-state index contributed by atoms with van der Waals surface area (Å²) in [6.45, 7) is 4.14. The van der Waals surface area contributed by atoms with E-state index in [1.807, 2.05) is 19.1 Å². The van der Waals surface area contributed by atoms with Gasteiger partial charge < -0.3 is 15.4 Å². The lowest BCUT2D eigenvalue weighted by atomic mass is 10.2. The third kappa shape index (κ3) is 3.92. The first kappa shape index (κ1) is 14.8. The average Bonchev–Trinajstić information content (AvgIpc) is 2.48. The lowest BCUT2D eigenvalue weighted by Crippen LogP contribution is -2.29. The van der Waals surface area contributed by atoms with Crippen molar-refractivity contribution in [2.45, 2.75) is 20.4 Å². The topological polar surface area (TPSA) is 76.1 Å². The molecule has 6 nitrogen and oxygen atoms in total. The van der Waals surface area contributed by atoms with Gasteiger partial charge in [-0.05, 0) is 31.5 Å². The van der Waals surface area contributed by atoms with E-state index in [-0.39, 0.29) is 6.03 Å². The van der Waals surface area contributed by atoms with E-state index in [1.54, 1.807) is 32.4 Å². The second kappa shape index (κ2) is 6.69. The molecular formula is C15H18N4O2. The van der Waals surface area contributed by atoms with Crippen molar-refractivity contribution in [3.63, 3.8) is 0 Å². The fourth-order valence-electron chi connectivity index (χ4n) is 1.82. The van der Waals surface area contributed by atoms with Crippen molar-refractivity contribution in [2.24, 2.45) is 0 Å². The number of carbonyl (C=O) groups is 1. The Balaban J connectivity index is 1.95. The SMILES string of the molecule is COc1ccc(NC(=O)NCc2ncccc2C)c(C)n1. The number of hydrogen-bond donors (Lipinski definition) is 2. The highest BCUT2D eigenvalue weighted by Crippen LogP contribution is 2.16. The van der Waals surface area contributed by atoms with Gasteiger partial charge in [-0.2, -0.15) is 0 Å². The van der Waals surface area contributed by atoms with Crippen LogP contribution in [0.1, 0.15) is 17.0 Å². The first-order chi connectivity index (χ1) is 10.1. The number of nitrogens with one attached hydrogen (secondary N) is 2. The molecule has 0 radical (unpaired) electrons. The van der Waals surface area contributed by atoms with Gasteiger partial charge in [0.1, 0.15) is 0 Å². The maximum atomic E-state index is 11.9. The Hall–Kier alpha value is -2.63. The van der Waals surface area contributed by atoms with Gasteiger partial charge in [-0.1, -0.05) is 6.07 Å². The fraction of sp³-hybridized carbons (Fsp3) is 0.267. The number of ether oxygens (including phenoxy) is 1. The summed E-state index contributed by atoms with van der Waals surface area (Å²) >= 11 is 0. The number of rotatable bonds is 4. The van der Waals surface area contributed by atoms with E-state index in [4.69, 9.17) is 4.74 Å². The van der Waals surface area contributed by atoms with Gasteiger partial charge in [-0.25, -0.2) is 9.78 Å². The quantitative estimate of drug-likeness (QED) is 0.905. The number of amides is 2. The van der Waals surface area contributed by atoms with Crippen molar-refractivity contribution in [3.05, 3.63) is 47.4 Å². The van der Waals surface area contributed by atoms with E-state index in [1.165, 1.54) is 0 Å². The van der Waals surface area contributed by atoms with Gasteiger partial charge in [0.05, 0.1) is 30.7 Å². The molecule has 110 valence electrons. The van der Waals surface area contributed by atoms with Crippen LogP contribution < -0.4 is 15.4 Å². The highest BCUT2D eigenvalue weighted by Gasteiger charge is 2.07. The molecule has 2 N–H and O–H groups in total. The zero-order valence-corrected chi connectivity index (χ0v) is 12.3. The third-order valence-corrected chi connectivity index (χ3v) is 3.05. The molecule has 6 heteroatoms. The van der Waals surface area contributed by atoms with Crippen LogP contribution in [0, 0.1) is 13.8 Å². The van der Waals surface area contributed by atoms with Gasteiger partial charge in [0.25, 0.3) is 0 Å². The average molecular weight is 286 g/mol. The number of aryl methyl sites for hydroxylation is 2. The van der Waals surface area contributed by atoms with E-state index in [9.17, 15) is 4.79 Å². The number of nitrogens with zero attached hydrogens (tertiary/aromatic N) is 2. The molecule has 0 bridgehead atoms. The van der Waals surface area contributed by atoms with Gasteiger partial charge in [0, 0.05) is 12.3 Å². The Morgan fingerprint density at radius 3 is 2.76 bits per heavy atom. The lowest BCUT2D eigenvalue weighted by molar-refractivity contribution is 0.251. The van der Waals surface area contributed by atoms with Gasteiger partial charge in [-0.15, -0.1) is 0 Å². The van der Waals surface area contributed by atoms with Crippen molar-refractivity contribution in [3.8, 4) is 5.88 Å². The van der Waals surface area contributed by atoms with Crippen LogP contribution in [0.25, 0.3) is 0 Å². The van der Waals surface area contributed by atoms with Crippen molar-refractivity contribution in [1.29, 1.82) is 0 Å². The summed E-state index contributed by atoms with van der Waals surface area (Å²) < 4.78 is 5.03. The molecule has 0 fully saturated rings. The molecule has 21 heavy (non-hydrogen) atoms. The van der Waals surface area contributed by atoms with Crippen molar-refractivity contribution in [1.82, 2.24) is 15.3 Å². The number of methoxy groups -OCH3 is 1. The molecule has 0 atom stereocenters. The molecule has 2 rings (SSSR count). The highest BCUT2D eigenvalue weighted by molar-refractivity contribution is 5.89. The fourth-order valence-corrected chi connectivity index (χ4v) is 1.82. The monoisotopic (exact) mass is 286 g/mol. The zero-order valence-electron chi connectivity index (χ0n) is 12.3. The third-order valence-electron chi connectivity index (χ3n) is 3.05. The summed E-state index contributed by atoms with van der Waals surface area (Å²) in [5.74, 6) is 0.516. The van der Waals surface area contributed by atoms with Gasteiger partial charge in [0.15, 0.2) is 0 Å². The molecule has 0 spiro atoms. The van der Waals surface area contributed by atoms with E-state index in [2.05, 4.69) is 20.6 Å². The first-order valence-corrected chi connectivity index (χ1v) is 6.57. The molecule has 0 aromatic carbocycles. The normalized spacial score (nSPS) is 10.0. The van der Waals surface area contributed by atoms with Crippen LogP contribution in [-0.2, 0) is 6.54 Å². The Labute approximate surface area is 123 Å². The van der Waals surface area contributed by atoms with Crippen LogP contribution in [0.2, 0.25) is 0 Å². The van der Waals surface area contributed by atoms with Crippen LogP contribution in [0.3, 0.4) is 0 Å². The number of pyridine rings is 2. The Morgan fingerprint density at radius 2 is 2.10 bits per heavy atom. The molecular weight excluding hydrogens is 268 g/mol. The van der Waals surface area contributed by atoms with E-state index in [0.29, 0.717) is 23.8 Å². The predicted octanol–water partition coefficient (Wildman–Crippen LogP) is 2.42. The summed E-state index contributed by atoms with van der Waals surface area (Å²) in [6, 6.07) is 6.98. The second-order valence-corrected chi connectivity index (χ2v) is 4.56. The largest absolute Gasteiger partial charge is 0.481 e. The maximum Gasteiger partial charge on any atom is 0.319 e. The van der Waals surface area contributed by atoms with Crippen LogP contribution in [0.5, 0.6) is 5.88 Å². The summed E-state index contributed by atoms with van der Waals surface area (Å²) in [7, 11) is 1.55. The Kier molecular flexibility index (Phi) is 4.71. The number of aromatic nitrogens is 2. The van der Waals surface area contributed by atoms with Gasteiger partial charge in [0.2, 0.25) is 5.88 Å². The van der Waals surface area contributed by atoms with Crippen LogP contribution in [0.4, 0.5) is 10.5 Å². The van der Waals surface area contributed by atoms with Gasteiger partial charge in [-0.3, -0.25) is 4.98 Å². The second-order valence-electron chi connectivity index (χ2n) is 4.56. The zero-order chi connectivity index (χ0) is 15.2. The lowest BCUT2D eigenvalue weighted by Gasteiger charge is -2.10. The van der Waals surface area contributed by atoms with E-state index >= 15 is 0 Å². The molecule has 0 aliphatic carbocycles. The first-order valence-electron chi connectivity index (χ1n) is 6.57. The molecule has 0 aliphatic rings. The minimum atomic E-state index is -0.296. The Morgan fingerprint density at radius 1 is 1.29 bits per heavy atom. The van der Waals surface area contributed by atoms with Crippen LogP contribution in [-0.4, -0.2) is 23.1 Å². The summed E-state index contributed by atoms with van der Waals surface area (Å²) in [4.78, 5) is 20.3. The number of hydrogen-bond acceptors (Lipinski definition) is 4. The number of anilines is 1. The maximum absolute atomic E-state index is 11.9. The molecule has 0 unspecified atom stereocenters. The van der Waals surface area contributed by atoms with Gasteiger partial charge >= 0.3 is 6.03 Å². The van der Waals surface area contributed by atoms with E-state index < -0.39 is 0 Å². The molecule has 0 aliphatic heterocycles. The molecule has 2 aromatic rings. The predicted molar refractivity (Wildman–Crippen MR) is 80.4 cm³/mol. The molecule has 0 saturated carbocycles. The molecule has 2 heterocycles. The smallest absolute Gasteiger partial charge is 0.319 e. The summed E-state index contributed by atoms with van der Waals surface area (Å²) in [5, 5.41) is 5.53. The summed E-state index contributed by atoms with van der Waals surface area (Å²) in [5.41, 5.74) is 3.22. The minimum absolute atomic E-state index is 0.296. The molecule has 2 amide bonds. The number of urea groups is 1. The van der Waals surface area contributed by atoms with Crippen molar-refractivity contribution < 1.29 is 9.53 Å². The minimum Gasteiger partial charge on any atom is -0.481 e. The van der Waals surface area contributed by atoms with Crippen LogP contribution in [0.15, 0.2) is 30.5 Å². The van der Waals surface area contributed by atoms with Crippen molar-refractivity contribution >= 4 is 11.7 Å². The molecule has 2 aromatic heterocycles. The summed E-state index contributed by atoms with van der Waals surface area (Å²) in [6.07, 6.45) is 1.71. The molecule has 0 saturated heterocycles. The Bertz CT molecular complexity index is 643. The highest BCUT2D eigenvalue weighted by atomic mass is 16.5. The van der Waals surface area contributed by atoms with E-state index in [0.717, 1.165) is 11.3 Å². The number of carbonyl (C=O) groups excluding carboxylic acids is 1.